The summed E-state index contributed by atoms with van der Waals surface area (Å²) in [7, 11) is 0. The fourth-order valence-corrected chi connectivity index (χ4v) is 2.67. The maximum Gasteiger partial charge on any atom is 0.123 e. The fourth-order valence-electron chi connectivity index (χ4n) is 2.25. The minimum Gasteiger partial charge on any atom is -0.310 e. The Hall–Kier alpha value is -1.19. The highest BCUT2D eigenvalue weighted by molar-refractivity contribution is 9.10. The molecule has 3 heteroatoms. The van der Waals surface area contributed by atoms with E-state index in [9.17, 15) is 4.39 Å². The summed E-state index contributed by atoms with van der Waals surface area (Å²) in [6.07, 6.45) is 1.86. The molecule has 1 atom stereocenters. The molecule has 0 amide bonds. The van der Waals surface area contributed by atoms with Gasteiger partial charge in [0.05, 0.1) is 0 Å². The van der Waals surface area contributed by atoms with Gasteiger partial charge in [0, 0.05) is 10.5 Å². The van der Waals surface area contributed by atoms with Crippen LogP contribution in [0.1, 0.15) is 30.5 Å². The molecule has 1 N–H and O–H groups in total. The van der Waals surface area contributed by atoms with Gasteiger partial charge in [-0.2, -0.15) is 0 Å². The van der Waals surface area contributed by atoms with Gasteiger partial charge in [-0.3, -0.25) is 0 Å². The number of rotatable bonds is 6. The van der Waals surface area contributed by atoms with Crippen molar-refractivity contribution < 1.29 is 4.39 Å². The van der Waals surface area contributed by atoms with Crippen LogP contribution in [0.2, 0.25) is 0 Å². The average Bonchev–Trinajstić information content (AvgIpc) is 2.43. The molecule has 0 aliphatic carbocycles. The van der Waals surface area contributed by atoms with E-state index in [1.54, 1.807) is 12.1 Å². The summed E-state index contributed by atoms with van der Waals surface area (Å²) in [6, 6.07) is 15.3. The molecule has 0 aromatic heterocycles. The van der Waals surface area contributed by atoms with Crippen molar-refractivity contribution in [2.75, 3.05) is 6.54 Å². The summed E-state index contributed by atoms with van der Waals surface area (Å²) >= 11 is 3.51. The Kier molecular flexibility index (Phi) is 5.74. The van der Waals surface area contributed by atoms with E-state index in [-0.39, 0.29) is 11.9 Å². The van der Waals surface area contributed by atoms with E-state index in [4.69, 9.17) is 0 Å². The summed E-state index contributed by atoms with van der Waals surface area (Å²) in [4.78, 5) is 0. The Morgan fingerprint density at radius 1 is 1.15 bits per heavy atom. The van der Waals surface area contributed by atoms with Crippen LogP contribution >= 0.6 is 15.9 Å². The lowest BCUT2D eigenvalue weighted by Crippen LogP contribution is -2.24. The quantitative estimate of drug-likeness (QED) is 0.793. The van der Waals surface area contributed by atoms with Crippen molar-refractivity contribution in [3.63, 3.8) is 0 Å². The van der Waals surface area contributed by atoms with Gasteiger partial charge in [0.2, 0.25) is 0 Å². The first-order valence-corrected chi connectivity index (χ1v) is 7.71. The first kappa shape index (κ1) is 15.2. The summed E-state index contributed by atoms with van der Waals surface area (Å²) in [6.45, 7) is 3.10. The standard InChI is InChI=1S/C17H19BrFN/c1-2-9-20-17(14-6-4-7-15(18)12-14)11-13-5-3-8-16(19)10-13/h3-8,10,12,17,20H,2,9,11H2,1H3. The van der Waals surface area contributed by atoms with E-state index in [0.717, 1.165) is 29.4 Å². The van der Waals surface area contributed by atoms with E-state index >= 15 is 0 Å². The molecule has 0 spiro atoms. The summed E-state index contributed by atoms with van der Waals surface area (Å²) in [5.41, 5.74) is 2.23. The van der Waals surface area contributed by atoms with Crippen molar-refractivity contribution in [2.24, 2.45) is 0 Å². The van der Waals surface area contributed by atoms with Crippen LogP contribution in [-0.2, 0) is 6.42 Å². The van der Waals surface area contributed by atoms with E-state index < -0.39 is 0 Å². The SMILES string of the molecule is CCCNC(Cc1cccc(F)c1)c1cccc(Br)c1. The fraction of sp³-hybridized carbons (Fsp3) is 0.294. The van der Waals surface area contributed by atoms with Crippen molar-refractivity contribution in [2.45, 2.75) is 25.8 Å². The monoisotopic (exact) mass is 335 g/mol. The molecule has 0 radical (unpaired) electrons. The van der Waals surface area contributed by atoms with E-state index in [1.807, 2.05) is 18.2 Å². The van der Waals surface area contributed by atoms with Crippen molar-refractivity contribution in [3.05, 3.63) is 69.9 Å². The predicted molar refractivity (Wildman–Crippen MR) is 85.3 cm³/mol. The highest BCUT2D eigenvalue weighted by Gasteiger charge is 2.12. The molecule has 0 heterocycles. The van der Waals surface area contributed by atoms with E-state index in [0.29, 0.717) is 0 Å². The van der Waals surface area contributed by atoms with Crippen molar-refractivity contribution in [3.8, 4) is 0 Å². The number of benzene rings is 2. The lowest BCUT2D eigenvalue weighted by Gasteiger charge is -2.19. The van der Waals surface area contributed by atoms with Gasteiger partial charge in [0.25, 0.3) is 0 Å². The molecule has 0 fully saturated rings. The molecule has 106 valence electrons. The summed E-state index contributed by atoms with van der Waals surface area (Å²) < 4.78 is 14.4. The van der Waals surface area contributed by atoms with Crippen LogP contribution in [0.4, 0.5) is 4.39 Å². The van der Waals surface area contributed by atoms with Crippen LogP contribution in [-0.4, -0.2) is 6.54 Å². The molecule has 0 aliphatic heterocycles. The van der Waals surface area contributed by atoms with Crippen molar-refractivity contribution >= 4 is 15.9 Å². The Labute approximate surface area is 128 Å². The average molecular weight is 336 g/mol. The van der Waals surface area contributed by atoms with Crippen LogP contribution in [0.3, 0.4) is 0 Å². The van der Waals surface area contributed by atoms with Crippen LogP contribution in [0.25, 0.3) is 0 Å². The van der Waals surface area contributed by atoms with Gasteiger partial charge in [0.15, 0.2) is 0 Å². The highest BCUT2D eigenvalue weighted by atomic mass is 79.9. The van der Waals surface area contributed by atoms with Crippen LogP contribution in [0, 0.1) is 5.82 Å². The third-order valence-electron chi connectivity index (χ3n) is 3.22. The summed E-state index contributed by atoms with van der Waals surface area (Å²) in [5.74, 6) is -0.175. The molecule has 1 nitrogen and oxygen atoms in total. The molecule has 0 saturated carbocycles. The van der Waals surface area contributed by atoms with Gasteiger partial charge in [0.1, 0.15) is 5.82 Å². The van der Waals surface area contributed by atoms with Crippen LogP contribution < -0.4 is 5.32 Å². The molecule has 2 aromatic carbocycles. The van der Waals surface area contributed by atoms with E-state index in [2.05, 4.69) is 40.3 Å². The maximum atomic E-state index is 13.3. The Morgan fingerprint density at radius 2 is 1.95 bits per heavy atom. The molecule has 0 bridgehead atoms. The molecule has 0 saturated heterocycles. The molecular weight excluding hydrogens is 317 g/mol. The number of nitrogens with one attached hydrogen (secondary N) is 1. The van der Waals surface area contributed by atoms with Gasteiger partial charge < -0.3 is 5.32 Å². The number of hydrogen-bond donors (Lipinski definition) is 1. The molecular formula is C17H19BrFN. The Bertz CT molecular complexity index is 556. The third-order valence-corrected chi connectivity index (χ3v) is 3.71. The predicted octanol–water partition coefficient (Wildman–Crippen LogP) is 4.87. The second-order valence-electron chi connectivity index (χ2n) is 4.90. The second kappa shape index (κ2) is 7.55. The van der Waals surface area contributed by atoms with Crippen LogP contribution in [0.5, 0.6) is 0 Å². The Morgan fingerprint density at radius 3 is 2.65 bits per heavy atom. The molecule has 2 aromatic rings. The highest BCUT2D eigenvalue weighted by Crippen LogP contribution is 2.22. The minimum atomic E-state index is -0.175. The number of hydrogen-bond acceptors (Lipinski definition) is 1. The first-order chi connectivity index (χ1) is 9.69. The normalized spacial score (nSPS) is 12.3. The molecule has 20 heavy (non-hydrogen) atoms. The molecule has 0 aliphatic rings. The minimum absolute atomic E-state index is 0.175. The van der Waals surface area contributed by atoms with Gasteiger partial charge in [-0.25, -0.2) is 4.39 Å². The largest absolute Gasteiger partial charge is 0.310 e. The zero-order valence-electron chi connectivity index (χ0n) is 11.6. The van der Waals surface area contributed by atoms with Crippen LogP contribution in [0.15, 0.2) is 53.0 Å². The Balaban J connectivity index is 2.19. The van der Waals surface area contributed by atoms with Gasteiger partial charge in [-0.1, -0.05) is 47.1 Å². The lowest BCUT2D eigenvalue weighted by molar-refractivity contribution is 0.527. The van der Waals surface area contributed by atoms with Gasteiger partial charge in [-0.15, -0.1) is 0 Å². The summed E-state index contributed by atoms with van der Waals surface area (Å²) in [5, 5.41) is 3.54. The third kappa shape index (κ3) is 4.43. The zero-order chi connectivity index (χ0) is 14.4. The second-order valence-corrected chi connectivity index (χ2v) is 5.81. The van der Waals surface area contributed by atoms with Crippen molar-refractivity contribution in [1.82, 2.24) is 5.32 Å². The number of halogens is 2. The zero-order valence-corrected chi connectivity index (χ0v) is 13.2. The van der Waals surface area contributed by atoms with Gasteiger partial charge in [-0.05, 0) is 54.8 Å². The van der Waals surface area contributed by atoms with Gasteiger partial charge >= 0.3 is 0 Å². The smallest absolute Gasteiger partial charge is 0.123 e. The maximum absolute atomic E-state index is 13.3. The molecule has 2 rings (SSSR count). The lowest BCUT2D eigenvalue weighted by atomic mass is 9.98. The molecule has 1 unspecified atom stereocenters. The van der Waals surface area contributed by atoms with Crippen molar-refractivity contribution in [1.29, 1.82) is 0 Å². The van der Waals surface area contributed by atoms with E-state index in [1.165, 1.54) is 11.6 Å². The first-order valence-electron chi connectivity index (χ1n) is 6.92. The topological polar surface area (TPSA) is 12.0 Å².